The van der Waals surface area contributed by atoms with Crippen LogP contribution in [0.2, 0.25) is 0 Å². The van der Waals surface area contributed by atoms with Gasteiger partial charge in [0.1, 0.15) is 11.3 Å². The molecule has 3 aromatic carbocycles. The number of carboxylic acid groups (broad SMARTS) is 1. The molecule has 0 fully saturated rings. The van der Waals surface area contributed by atoms with Crippen molar-refractivity contribution in [2.75, 3.05) is 0 Å². The fraction of sp³-hybridized carbons (Fsp3) is 0.182. The van der Waals surface area contributed by atoms with Gasteiger partial charge in [-0.25, -0.2) is 9.78 Å². The molecule has 214 valence electrons. The second-order valence-electron chi connectivity index (χ2n) is 10.2. The predicted octanol–water partition coefficient (Wildman–Crippen LogP) is 5.47. The van der Waals surface area contributed by atoms with Crippen molar-refractivity contribution in [3.8, 4) is 22.5 Å². The van der Waals surface area contributed by atoms with Crippen molar-refractivity contribution in [2.45, 2.75) is 39.3 Å². The molecule has 0 aliphatic rings. The number of aromatic nitrogens is 7. The fourth-order valence-corrected chi connectivity index (χ4v) is 5.19. The molecule has 0 amide bonds. The number of H-pyrrole nitrogens is 1. The molecule has 10 nitrogen and oxygen atoms in total. The predicted molar refractivity (Wildman–Crippen MR) is 163 cm³/mol. The van der Waals surface area contributed by atoms with Gasteiger partial charge in [0.05, 0.1) is 29.6 Å². The summed E-state index contributed by atoms with van der Waals surface area (Å²) in [5, 5.41) is 25.2. The van der Waals surface area contributed by atoms with E-state index in [-0.39, 0.29) is 5.56 Å². The molecule has 6 rings (SSSR count). The number of nitrogens with one attached hydrogen (secondary N) is 1. The van der Waals surface area contributed by atoms with E-state index in [1.165, 1.54) is 0 Å². The van der Waals surface area contributed by atoms with Crippen LogP contribution < -0.4 is 5.49 Å². The van der Waals surface area contributed by atoms with Crippen LogP contribution >= 0.6 is 0 Å². The number of carbonyl (C=O) groups is 1. The molecule has 0 radical (unpaired) electrons. The number of tetrazole rings is 1. The molecule has 0 spiro atoms. The van der Waals surface area contributed by atoms with E-state index in [4.69, 9.17) is 9.98 Å². The minimum atomic E-state index is -1.01. The Morgan fingerprint density at radius 3 is 2.44 bits per heavy atom. The van der Waals surface area contributed by atoms with E-state index in [9.17, 15) is 9.90 Å². The summed E-state index contributed by atoms with van der Waals surface area (Å²) in [4.78, 5) is 26.5. The highest BCUT2D eigenvalue weighted by Crippen LogP contribution is 2.30. The Hall–Kier alpha value is -5.51. The van der Waals surface area contributed by atoms with Gasteiger partial charge in [-0.2, -0.15) is 5.21 Å². The number of hydrogen-bond acceptors (Lipinski definition) is 7. The van der Waals surface area contributed by atoms with E-state index in [1.807, 2.05) is 42.5 Å². The summed E-state index contributed by atoms with van der Waals surface area (Å²) in [6.07, 6.45) is 6.17. The second-order valence-corrected chi connectivity index (χ2v) is 10.2. The van der Waals surface area contributed by atoms with Crippen molar-refractivity contribution in [3.63, 3.8) is 0 Å². The zero-order valence-corrected chi connectivity index (χ0v) is 23.7. The SMILES string of the molecule is CCCCc1nc2cccc(C(=O)O)c2c(=NCc2ccncc2)n1Cc1ccc(-c2ccccc2-c2nn[nH]n2)cc1. The Bertz CT molecular complexity index is 1930. The number of fused-ring (bicyclic) bond motifs is 1. The summed E-state index contributed by atoms with van der Waals surface area (Å²) in [6, 6.07) is 25.3. The molecule has 0 aliphatic heterocycles. The highest BCUT2D eigenvalue weighted by Gasteiger charge is 2.17. The number of carboxylic acids is 1. The molecule has 0 bridgehead atoms. The molecule has 3 aromatic heterocycles. The highest BCUT2D eigenvalue weighted by molar-refractivity contribution is 6.02. The van der Waals surface area contributed by atoms with Gasteiger partial charge >= 0.3 is 5.97 Å². The standard InChI is InChI=1S/C33H30N8O2/c1-2-3-11-29-36-28-10-6-9-27(33(42)43)30(28)32(35-20-22-16-18-34-19-17-22)41(29)21-23-12-14-24(15-13-23)25-7-4-5-8-26(25)31-37-39-40-38-31/h4-10,12-19H,2-3,11,20-21H2,1H3,(H,42,43)(H,37,38,39,40). The van der Waals surface area contributed by atoms with Crippen LogP contribution in [0, 0.1) is 0 Å². The van der Waals surface area contributed by atoms with Crippen LogP contribution in [-0.2, 0) is 19.5 Å². The van der Waals surface area contributed by atoms with Crippen LogP contribution in [0.1, 0.15) is 47.1 Å². The summed E-state index contributed by atoms with van der Waals surface area (Å²) in [6.45, 7) is 3.01. The van der Waals surface area contributed by atoms with Crippen LogP contribution in [0.3, 0.4) is 0 Å². The molecule has 0 atom stereocenters. The van der Waals surface area contributed by atoms with Gasteiger partial charge < -0.3 is 9.67 Å². The number of aromatic carboxylic acids is 1. The third-order valence-electron chi connectivity index (χ3n) is 7.35. The Balaban J connectivity index is 1.47. The van der Waals surface area contributed by atoms with Crippen LogP contribution in [0.25, 0.3) is 33.4 Å². The number of benzene rings is 3. The van der Waals surface area contributed by atoms with Crippen LogP contribution in [0.5, 0.6) is 0 Å². The van der Waals surface area contributed by atoms with E-state index < -0.39 is 5.97 Å². The summed E-state index contributed by atoms with van der Waals surface area (Å²) in [5.74, 6) is 0.398. The molecule has 0 aliphatic carbocycles. The van der Waals surface area contributed by atoms with Gasteiger partial charge in [-0.05, 0) is 58.2 Å². The lowest BCUT2D eigenvalue weighted by molar-refractivity contribution is 0.0699. The molecular formula is C33H30N8O2. The molecule has 10 heteroatoms. The topological polar surface area (TPSA) is 135 Å². The first-order chi connectivity index (χ1) is 21.1. The number of unbranched alkanes of at least 4 members (excludes halogenated alkanes) is 1. The van der Waals surface area contributed by atoms with Gasteiger partial charge in [0.15, 0.2) is 0 Å². The van der Waals surface area contributed by atoms with Crippen molar-refractivity contribution >= 4 is 16.9 Å². The van der Waals surface area contributed by atoms with Gasteiger partial charge in [0.25, 0.3) is 0 Å². The molecule has 0 saturated carbocycles. The molecule has 43 heavy (non-hydrogen) atoms. The quantitative estimate of drug-likeness (QED) is 0.223. The van der Waals surface area contributed by atoms with Crippen LogP contribution in [-0.4, -0.2) is 46.2 Å². The average Bonchev–Trinajstić information content (AvgIpc) is 3.59. The van der Waals surface area contributed by atoms with Gasteiger partial charge in [-0.15, -0.1) is 10.2 Å². The van der Waals surface area contributed by atoms with Gasteiger partial charge in [0.2, 0.25) is 5.82 Å². The number of pyridine rings is 1. The Morgan fingerprint density at radius 1 is 0.930 bits per heavy atom. The molecule has 0 saturated heterocycles. The monoisotopic (exact) mass is 570 g/mol. The van der Waals surface area contributed by atoms with Crippen molar-refractivity contribution in [2.24, 2.45) is 4.99 Å². The van der Waals surface area contributed by atoms with Crippen molar-refractivity contribution in [1.82, 2.24) is 35.2 Å². The minimum absolute atomic E-state index is 0.183. The first kappa shape index (κ1) is 27.6. The Kier molecular flexibility index (Phi) is 8.08. The second kappa shape index (κ2) is 12.6. The van der Waals surface area contributed by atoms with E-state index in [0.29, 0.717) is 35.3 Å². The lowest BCUT2D eigenvalue weighted by Crippen LogP contribution is -2.29. The molecule has 0 unspecified atom stereocenters. The number of nitrogens with zero attached hydrogens (tertiary/aromatic N) is 7. The largest absolute Gasteiger partial charge is 0.478 e. The van der Waals surface area contributed by atoms with Gasteiger partial charge in [-0.1, -0.05) is 67.9 Å². The van der Waals surface area contributed by atoms with Crippen LogP contribution in [0.4, 0.5) is 0 Å². The molecule has 2 N–H and O–H groups in total. The van der Waals surface area contributed by atoms with E-state index >= 15 is 0 Å². The zero-order chi connectivity index (χ0) is 29.6. The van der Waals surface area contributed by atoms with Gasteiger partial charge in [0, 0.05) is 24.4 Å². The lowest BCUT2D eigenvalue weighted by Gasteiger charge is -2.17. The minimum Gasteiger partial charge on any atom is -0.478 e. The number of aryl methyl sites for hydroxylation is 1. The molecule has 6 aromatic rings. The highest BCUT2D eigenvalue weighted by atomic mass is 16.4. The smallest absolute Gasteiger partial charge is 0.336 e. The lowest BCUT2D eigenvalue weighted by atomic mass is 9.98. The third kappa shape index (κ3) is 5.94. The zero-order valence-electron chi connectivity index (χ0n) is 23.7. The van der Waals surface area contributed by atoms with E-state index in [1.54, 1.807) is 24.5 Å². The summed E-state index contributed by atoms with van der Waals surface area (Å²) < 4.78 is 2.08. The summed E-state index contributed by atoms with van der Waals surface area (Å²) in [7, 11) is 0. The summed E-state index contributed by atoms with van der Waals surface area (Å²) in [5.41, 5.74) is 6.35. The van der Waals surface area contributed by atoms with Crippen molar-refractivity contribution in [1.29, 1.82) is 0 Å². The van der Waals surface area contributed by atoms with Crippen molar-refractivity contribution in [3.05, 3.63) is 119 Å². The Morgan fingerprint density at radius 2 is 1.72 bits per heavy atom. The number of rotatable bonds is 10. The number of aromatic amines is 1. The maximum Gasteiger partial charge on any atom is 0.336 e. The van der Waals surface area contributed by atoms with Gasteiger partial charge in [-0.3, -0.25) is 9.98 Å². The van der Waals surface area contributed by atoms with Crippen LogP contribution in [0.15, 0.2) is 96.2 Å². The van der Waals surface area contributed by atoms with Crippen molar-refractivity contribution < 1.29 is 9.90 Å². The first-order valence-electron chi connectivity index (χ1n) is 14.2. The average molecular weight is 571 g/mol. The molecular weight excluding hydrogens is 540 g/mol. The fourth-order valence-electron chi connectivity index (χ4n) is 5.19. The first-order valence-corrected chi connectivity index (χ1v) is 14.2. The Labute approximate surface area is 247 Å². The molecule has 3 heterocycles. The maximum atomic E-state index is 12.4. The van der Waals surface area contributed by atoms with E-state index in [2.05, 4.69) is 61.4 Å². The maximum absolute atomic E-state index is 12.4. The number of hydrogen-bond donors (Lipinski definition) is 2. The van der Waals surface area contributed by atoms with E-state index in [0.717, 1.165) is 52.9 Å². The third-order valence-corrected chi connectivity index (χ3v) is 7.35. The normalized spacial score (nSPS) is 11.7. The summed E-state index contributed by atoms with van der Waals surface area (Å²) >= 11 is 0.